The van der Waals surface area contributed by atoms with Gasteiger partial charge in [-0.05, 0) is 55.4 Å². The van der Waals surface area contributed by atoms with E-state index in [1.807, 2.05) is 12.1 Å². The van der Waals surface area contributed by atoms with Crippen LogP contribution in [0.5, 0.6) is 5.75 Å². The van der Waals surface area contributed by atoms with E-state index in [1.54, 1.807) is 12.1 Å². The molecule has 1 heterocycles. The first-order valence-electron chi connectivity index (χ1n) is 10.4. The van der Waals surface area contributed by atoms with Gasteiger partial charge >= 0.3 is 0 Å². The van der Waals surface area contributed by atoms with Crippen LogP contribution in [0.15, 0.2) is 30.3 Å². The van der Waals surface area contributed by atoms with Gasteiger partial charge in [0.2, 0.25) is 0 Å². The Balaban J connectivity index is 1.56. The molecule has 2 aromatic rings. The van der Waals surface area contributed by atoms with Gasteiger partial charge < -0.3 is 4.74 Å². The average Bonchev–Trinajstić information content (AvgIpc) is 2.68. The van der Waals surface area contributed by atoms with Crippen molar-refractivity contribution in [3.8, 4) is 17.0 Å². The molecule has 0 spiro atoms. The lowest BCUT2D eigenvalue weighted by Crippen LogP contribution is -2.13. The predicted molar refractivity (Wildman–Crippen MR) is 107 cm³/mol. The average molecular weight is 371 g/mol. The number of nitrogens with zero attached hydrogens (tertiary/aromatic N) is 2. The Morgan fingerprint density at radius 3 is 2.56 bits per heavy atom. The van der Waals surface area contributed by atoms with Crippen molar-refractivity contribution in [2.75, 3.05) is 6.61 Å². The minimum Gasteiger partial charge on any atom is -0.493 e. The molecule has 3 nitrogen and oxygen atoms in total. The largest absolute Gasteiger partial charge is 0.493 e. The van der Waals surface area contributed by atoms with Crippen molar-refractivity contribution in [2.45, 2.75) is 65.2 Å². The molecule has 0 bridgehead atoms. The second kappa shape index (κ2) is 9.82. The van der Waals surface area contributed by atoms with Crippen LogP contribution in [0, 0.1) is 17.7 Å². The van der Waals surface area contributed by atoms with Crippen molar-refractivity contribution in [2.24, 2.45) is 11.8 Å². The summed E-state index contributed by atoms with van der Waals surface area (Å²) in [5, 5.41) is 8.59. The summed E-state index contributed by atoms with van der Waals surface area (Å²) >= 11 is 0. The third kappa shape index (κ3) is 5.75. The van der Waals surface area contributed by atoms with Gasteiger partial charge in [-0.2, -0.15) is 10.2 Å². The number of hydrogen-bond acceptors (Lipinski definition) is 3. The number of benzene rings is 1. The number of unbranched alkanes of at least 4 members (excludes halogenated alkanes) is 1. The molecule has 1 aliphatic carbocycles. The number of aryl methyl sites for hydroxylation is 1. The zero-order valence-corrected chi connectivity index (χ0v) is 16.6. The van der Waals surface area contributed by atoms with Crippen molar-refractivity contribution < 1.29 is 9.13 Å². The van der Waals surface area contributed by atoms with Gasteiger partial charge in [-0.15, -0.1) is 0 Å². The first kappa shape index (κ1) is 19.8. The van der Waals surface area contributed by atoms with Crippen LogP contribution in [0.1, 0.15) is 64.5 Å². The normalized spacial score (nSPS) is 19.8. The van der Waals surface area contributed by atoms with Crippen LogP contribution in [0.4, 0.5) is 4.39 Å². The summed E-state index contributed by atoms with van der Waals surface area (Å²) in [4.78, 5) is 0. The second-order valence-electron chi connectivity index (χ2n) is 7.92. The summed E-state index contributed by atoms with van der Waals surface area (Å²) in [6.45, 7) is 5.07. The highest BCUT2D eigenvalue weighted by Gasteiger charge is 2.18. The number of halogens is 1. The maximum Gasteiger partial charge on any atom is 0.136 e. The van der Waals surface area contributed by atoms with E-state index in [1.165, 1.54) is 38.2 Å². The topological polar surface area (TPSA) is 35.0 Å². The van der Waals surface area contributed by atoms with E-state index in [4.69, 9.17) is 4.74 Å². The van der Waals surface area contributed by atoms with Crippen molar-refractivity contribution in [3.05, 3.63) is 41.8 Å². The van der Waals surface area contributed by atoms with E-state index in [0.29, 0.717) is 23.6 Å². The maximum atomic E-state index is 14.4. The van der Waals surface area contributed by atoms with Gasteiger partial charge in [0.1, 0.15) is 11.6 Å². The van der Waals surface area contributed by atoms with Crippen LogP contribution in [0.3, 0.4) is 0 Å². The summed E-state index contributed by atoms with van der Waals surface area (Å²) in [6.07, 6.45) is 9.55. The van der Waals surface area contributed by atoms with E-state index in [0.717, 1.165) is 36.8 Å². The molecule has 0 aliphatic heterocycles. The summed E-state index contributed by atoms with van der Waals surface area (Å²) in [5.41, 5.74) is 2.04. The molecule has 146 valence electrons. The summed E-state index contributed by atoms with van der Waals surface area (Å²) in [7, 11) is 0. The highest BCUT2D eigenvalue weighted by atomic mass is 19.1. The van der Waals surface area contributed by atoms with Gasteiger partial charge in [-0.3, -0.25) is 0 Å². The summed E-state index contributed by atoms with van der Waals surface area (Å²) in [6, 6.07) is 8.82. The van der Waals surface area contributed by atoms with Crippen molar-refractivity contribution >= 4 is 0 Å². The lowest BCUT2D eigenvalue weighted by molar-refractivity contribution is 0.277. The lowest BCUT2D eigenvalue weighted by atomic mass is 9.81. The molecule has 1 aromatic heterocycles. The zero-order valence-electron chi connectivity index (χ0n) is 16.6. The Hall–Kier alpha value is -1.97. The first-order valence-corrected chi connectivity index (χ1v) is 10.4. The van der Waals surface area contributed by atoms with Gasteiger partial charge in [0.05, 0.1) is 18.0 Å². The molecule has 1 aromatic carbocycles. The molecular formula is C23H31FN2O. The molecule has 1 aliphatic rings. The van der Waals surface area contributed by atoms with E-state index >= 15 is 0 Å². The standard InChI is InChI=1S/C23H31FN2O/c1-3-4-15-27-20-12-13-21(22(24)16-20)23-14-11-19(25-26-23)10-9-18-7-5-17(2)6-8-18/h11-14,16-18H,3-10,15H2,1-2H3. The second-order valence-corrected chi connectivity index (χ2v) is 7.92. The van der Waals surface area contributed by atoms with Gasteiger partial charge in [-0.25, -0.2) is 4.39 Å². The van der Waals surface area contributed by atoms with Crippen LogP contribution in [0.25, 0.3) is 11.3 Å². The monoisotopic (exact) mass is 370 g/mol. The fourth-order valence-corrected chi connectivity index (χ4v) is 3.73. The number of hydrogen-bond donors (Lipinski definition) is 0. The number of aromatic nitrogens is 2. The molecule has 1 saturated carbocycles. The molecule has 0 N–H and O–H groups in total. The van der Waals surface area contributed by atoms with E-state index in [-0.39, 0.29) is 5.82 Å². The van der Waals surface area contributed by atoms with E-state index in [9.17, 15) is 4.39 Å². The fraction of sp³-hybridized carbons (Fsp3) is 0.565. The molecule has 0 amide bonds. The zero-order chi connectivity index (χ0) is 19.1. The van der Waals surface area contributed by atoms with Crippen LogP contribution in [-0.2, 0) is 6.42 Å². The first-order chi connectivity index (χ1) is 13.2. The number of rotatable bonds is 8. The highest BCUT2D eigenvalue weighted by molar-refractivity contribution is 5.60. The fourth-order valence-electron chi connectivity index (χ4n) is 3.73. The van der Waals surface area contributed by atoms with Crippen LogP contribution >= 0.6 is 0 Å². The predicted octanol–water partition coefficient (Wildman–Crippen LogP) is 6.22. The summed E-state index contributed by atoms with van der Waals surface area (Å²) in [5.74, 6) is 1.96. The SMILES string of the molecule is CCCCOc1ccc(-c2ccc(CCC3CCC(C)CC3)nn2)c(F)c1. The Bertz CT molecular complexity index is 709. The molecular weight excluding hydrogens is 339 g/mol. The third-order valence-electron chi connectivity index (χ3n) is 5.65. The Morgan fingerprint density at radius 1 is 1.07 bits per heavy atom. The quantitative estimate of drug-likeness (QED) is 0.517. The third-order valence-corrected chi connectivity index (χ3v) is 5.65. The smallest absolute Gasteiger partial charge is 0.136 e. The van der Waals surface area contributed by atoms with E-state index in [2.05, 4.69) is 24.0 Å². The molecule has 0 radical (unpaired) electrons. The number of ether oxygens (including phenoxy) is 1. The molecule has 3 rings (SSSR count). The Kier molecular flexibility index (Phi) is 7.19. The molecule has 0 atom stereocenters. The molecule has 4 heteroatoms. The van der Waals surface area contributed by atoms with Gasteiger partial charge in [-0.1, -0.05) is 46.0 Å². The van der Waals surface area contributed by atoms with Crippen molar-refractivity contribution in [1.29, 1.82) is 0 Å². The highest BCUT2D eigenvalue weighted by Crippen LogP contribution is 2.31. The van der Waals surface area contributed by atoms with Crippen LogP contribution in [0.2, 0.25) is 0 Å². The van der Waals surface area contributed by atoms with Crippen molar-refractivity contribution in [1.82, 2.24) is 10.2 Å². The van der Waals surface area contributed by atoms with E-state index < -0.39 is 0 Å². The van der Waals surface area contributed by atoms with Crippen LogP contribution in [-0.4, -0.2) is 16.8 Å². The Labute approximate surface area is 162 Å². The van der Waals surface area contributed by atoms with Gasteiger partial charge in [0, 0.05) is 11.6 Å². The minimum atomic E-state index is -0.317. The summed E-state index contributed by atoms with van der Waals surface area (Å²) < 4.78 is 20.0. The van der Waals surface area contributed by atoms with Crippen molar-refractivity contribution in [3.63, 3.8) is 0 Å². The lowest BCUT2D eigenvalue weighted by Gasteiger charge is -2.25. The Morgan fingerprint density at radius 2 is 1.89 bits per heavy atom. The molecule has 0 saturated heterocycles. The molecule has 1 fully saturated rings. The molecule has 27 heavy (non-hydrogen) atoms. The minimum absolute atomic E-state index is 0.317. The maximum absolute atomic E-state index is 14.4. The molecule has 0 unspecified atom stereocenters. The van der Waals surface area contributed by atoms with Gasteiger partial charge in [0.25, 0.3) is 0 Å². The van der Waals surface area contributed by atoms with Crippen LogP contribution < -0.4 is 4.74 Å². The van der Waals surface area contributed by atoms with Gasteiger partial charge in [0.15, 0.2) is 0 Å².